The molecule has 0 radical (unpaired) electrons. The Balaban J connectivity index is 2.37. The van der Waals surface area contributed by atoms with Crippen LogP contribution in [-0.2, 0) is 0 Å². The Morgan fingerprint density at radius 3 is 2.00 bits per heavy atom. The van der Waals surface area contributed by atoms with E-state index in [-0.39, 0.29) is 0 Å². The Morgan fingerprint density at radius 2 is 1.52 bits per heavy atom. The molecule has 7 nitrogen and oxygen atoms in total. The van der Waals surface area contributed by atoms with Crippen LogP contribution in [0.3, 0.4) is 0 Å². The first-order valence-corrected chi connectivity index (χ1v) is 7.61. The van der Waals surface area contributed by atoms with Crippen LogP contribution in [0.5, 0.6) is 23.0 Å². The number of hydrogen-bond acceptors (Lipinski definition) is 6. The summed E-state index contributed by atoms with van der Waals surface area (Å²) in [6.45, 7) is -3.15. The molecule has 2 aromatic rings. The van der Waals surface area contributed by atoms with Gasteiger partial charge >= 0.3 is 12.3 Å². The van der Waals surface area contributed by atoms with Crippen molar-refractivity contribution in [3.8, 4) is 23.0 Å². The van der Waals surface area contributed by atoms with Crippen molar-refractivity contribution in [1.82, 2.24) is 0 Å². The molecule has 9 heteroatoms. The van der Waals surface area contributed by atoms with Crippen LogP contribution in [-0.4, -0.2) is 32.9 Å². The molecule has 0 aliphatic carbocycles. The first-order chi connectivity index (χ1) is 12.9. The lowest BCUT2D eigenvalue weighted by Gasteiger charge is -2.12. The van der Waals surface area contributed by atoms with Crippen molar-refractivity contribution < 1.29 is 32.7 Å². The van der Waals surface area contributed by atoms with E-state index in [1.54, 1.807) is 24.3 Å². The normalized spacial score (nSPS) is 10.9. The lowest BCUT2D eigenvalue weighted by molar-refractivity contribution is -0.386. The van der Waals surface area contributed by atoms with Gasteiger partial charge in [-0.05, 0) is 29.3 Å². The first-order valence-electron chi connectivity index (χ1n) is 7.61. The zero-order valence-electron chi connectivity index (χ0n) is 14.8. The van der Waals surface area contributed by atoms with Gasteiger partial charge in [0.1, 0.15) is 0 Å². The molecule has 0 atom stereocenters. The van der Waals surface area contributed by atoms with E-state index >= 15 is 0 Å². The predicted molar refractivity (Wildman–Crippen MR) is 94.8 cm³/mol. The Labute approximate surface area is 153 Å². The average Bonchev–Trinajstić information content (AvgIpc) is 2.65. The van der Waals surface area contributed by atoms with Crippen LogP contribution in [0.4, 0.5) is 14.5 Å². The van der Waals surface area contributed by atoms with Crippen molar-refractivity contribution in [3.05, 3.63) is 51.6 Å². The fraction of sp³-hybridized carbons (Fsp3) is 0.222. The number of rotatable bonds is 8. The number of nitro groups is 1. The molecule has 0 aliphatic rings. The van der Waals surface area contributed by atoms with E-state index in [9.17, 15) is 18.9 Å². The van der Waals surface area contributed by atoms with Crippen LogP contribution in [0.15, 0.2) is 30.3 Å². The molecule has 2 aromatic carbocycles. The molecule has 27 heavy (non-hydrogen) atoms. The van der Waals surface area contributed by atoms with Gasteiger partial charge in [-0.3, -0.25) is 10.1 Å². The van der Waals surface area contributed by atoms with Gasteiger partial charge < -0.3 is 18.9 Å². The number of nitro benzene ring substituents is 1. The van der Waals surface area contributed by atoms with Gasteiger partial charge in [0.15, 0.2) is 11.5 Å². The van der Waals surface area contributed by atoms with E-state index in [2.05, 4.69) is 4.74 Å². The molecule has 0 amide bonds. The Hall–Kier alpha value is -3.36. The Bertz CT molecular complexity index is 829. The average molecular weight is 381 g/mol. The summed E-state index contributed by atoms with van der Waals surface area (Å²) in [6, 6.07) is 7.09. The van der Waals surface area contributed by atoms with Crippen molar-refractivity contribution in [1.29, 1.82) is 0 Å². The minimum absolute atomic E-state index is 0.428. The molecule has 0 unspecified atom stereocenters. The molecule has 0 N–H and O–H groups in total. The Kier molecular flexibility index (Phi) is 6.53. The van der Waals surface area contributed by atoms with E-state index in [0.717, 1.165) is 12.1 Å². The molecule has 0 fully saturated rings. The Morgan fingerprint density at radius 1 is 0.926 bits per heavy atom. The molecule has 0 spiro atoms. The third-order valence-electron chi connectivity index (χ3n) is 3.55. The molecule has 0 aromatic heterocycles. The minimum atomic E-state index is -3.15. The van der Waals surface area contributed by atoms with Gasteiger partial charge in [-0.25, -0.2) is 0 Å². The third-order valence-corrected chi connectivity index (χ3v) is 3.55. The number of halogens is 2. The van der Waals surface area contributed by atoms with Crippen LogP contribution in [0.2, 0.25) is 0 Å². The standard InChI is InChI=1S/C18H17F2NO6/c1-24-15-9-12(10-16(25-2)17(15)26-3)5-4-11-6-7-14(27-18(19)20)13(8-11)21(22)23/h4-10,18H,1-3H3/b5-4+. The highest BCUT2D eigenvalue weighted by atomic mass is 19.3. The largest absolute Gasteiger partial charge is 0.493 e. The van der Waals surface area contributed by atoms with Gasteiger partial charge in [-0.15, -0.1) is 0 Å². The minimum Gasteiger partial charge on any atom is -0.493 e. The van der Waals surface area contributed by atoms with E-state index in [1.165, 1.54) is 27.4 Å². The first kappa shape index (κ1) is 20.0. The fourth-order valence-electron chi connectivity index (χ4n) is 2.37. The number of benzene rings is 2. The maximum atomic E-state index is 12.3. The van der Waals surface area contributed by atoms with Crippen LogP contribution in [0.1, 0.15) is 11.1 Å². The zero-order valence-corrected chi connectivity index (χ0v) is 14.8. The van der Waals surface area contributed by atoms with E-state index in [0.29, 0.717) is 28.4 Å². The third kappa shape index (κ3) is 4.84. The van der Waals surface area contributed by atoms with Gasteiger partial charge in [-0.2, -0.15) is 8.78 Å². The number of methoxy groups -OCH3 is 3. The molecule has 0 aliphatic heterocycles. The van der Waals surface area contributed by atoms with Gasteiger partial charge in [0, 0.05) is 6.07 Å². The molecule has 0 saturated heterocycles. The second kappa shape index (κ2) is 8.84. The number of alkyl halides is 2. The monoisotopic (exact) mass is 381 g/mol. The highest BCUT2D eigenvalue weighted by Crippen LogP contribution is 2.38. The van der Waals surface area contributed by atoms with Crippen molar-refractivity contribution in [2.45, 2.75) is 6.61 Å². The molecular weight excluding hydrogens is 364 g/mol. The van der Waals surface area contributed by atoms with Crippen molar-refractivity contribution in [3.63, 3.8) is 0 Å². The SMILES string of the molecule is COc1cc(/C=C/c2ccc(OC(F)F)c([N+](=O)[O-])c2)cc(OC)c1OC. The summed E-state index contributed by atoms with van der Waals surface area (Å²) in [4.78, 5) is 10.3. The number of hydrogen-bond donors (Lipinski definition) is 0. The summed E-state index contributed by atoms with van der Waals surface area (Å²) in [7, 11) is 4.45. The molecule has 0 heterocycles. The maximum Gasteiger partial charge on any atom is 0.387 e. The highest BCUT2D eigenvalue weighted by molar-refractivity contribution is 5.74. The summed E-state index contributed by atoms with van der Waals surface area (Å²) in [5.74, 6) is 0.826. The highest BCUT2D eigenvalue weighted by Gasteiger charge is 2.18. The van der Waals surface area contributed by atoms with Crippen molar-refractivity contribution in [2.75, 3.05) is 21.3 Å². The van der Waals surface area contributed by atoms with Crippen molar-refractivity contribution in [2.24, 2.45) is 0 Å². The summed E-state index contributed by atoms with van der Waals surface area (Å²) in [6.07, 6.45) is 3.25. The topological polar surface area (TPSA) is 80.1 Å². The summed E-state index contributed by atoms with van der Waals surface area (Å²) in [5.41, 5.74) is 0.555. The second-order valence-corrected chi connectivity index (χ2v) is 5.15. The van der Waals surface area contributed by atoms with Gasteiger partial charge in [-0.1, -0.05) is 18.2 Å². The van der Waals surface area contributed by atoms with Crippen molar-refractivity contribution >= 4 is 17.8 Å². The fourth-order valence-corrected chi connectivity index (χ4v) is 2.37. The quantitative estimate of drug-likeness (QED) is 0.383. The lowest BCUT2D eigenvalue weighted by Crippen LogP contribution is -2.04. The lowest BCUT2D eigenvalue weighted by atomic mass is 10.1. The van der Waals surface area contributed by atoms with E-state index in [4.69, 9.17) is 14.2 Å². The summed E-state index contributed by atoms with van der Waals surface area (Å²) >= 11 is 0. The predicted octanol–water partition coefficient (Wildman–Crippen LogP) is 4.39. The number of nitrogens with zero attached hydrogens (tertiary/aromatic N) is 1. The van der Waals surface area contributed by atoms with Gasteiger partial charge in [0.25, 0.3) is 0 Å². The molecule has 2 rings (SSSR count). The molecular formula is C18H17F2NO6. The molecule has 0 saturated carbocycles. The van der Waals surface area contributed by atoms with Crippen LogP contribution in [0, 0.1) is 10.1 Å². The smallest absolute Gasteiger partial charge is 0.387 e. The van der Waals surface area contributed by atoms with E-state index in [1.807, 2.05) is 0 Å². The van der Waals surface area contributed by atoms with Crippen LogP contribution >= 0.6 is 0 Å². The van der Waals surface area contributed by atoms with E-state index < -0.39 is 23.0 Å². The van der Waals surface area contributed by atoms with Gasteiger partial charge in [0.05, 0.1) is 26.3 Å². The summed E-state index contributed by atoms with van der Waals surface area (Å²) < 4.78 is 44.6. The summed E-state index contributed by atoms with van der Waals surface area (Å²) in [5, 5.41) is 11.1. The molecule has 0 bridgehead atoms. The van der Waals surface area contributed by atoms with Crippen LogP contribution in [0.25, 0.3) is 12.2 Å². The maximum absolute atomic E-state index is 12.3. The van der Waals surface area contributed by atoms with Crippen LogP contribution < -0.4 is 18.9 Å². The van der Waals surface area contributed by atoms with Gasteiger partial charge in [0.2, 0.25) is 11.5 Å². The second-order valence-electron chi connectivity index (χ2n) is 5.15. The number of ether oxygens (including phenoxy) is 4. The molecule has 144 valence electrons. The zero-order chi connectivity index (χ0) is 20.0.